The fraction of sp³-hybridized carbons (Fsp3) is 0.308. The lowest BCUT2D eigenvalue weighted by molar-refractivity contribution is 0.0784. The van der Waals surface area contributed by atoms with Gasteiger partial charge in [0.1, 0.15) is 0 Å². The molecule has 1 aromatic heterocycles. The first-order valence-electron chi connectivity index (χ1n) is 6.17. The summed E-state index contributed by atoms with van der Waals surface area (Å²) in [6, 6.07) is 7.89. The molecular formula is C13H15BrN4OS. The van der Waals surface area contributed by atoms with Gasteiger partial charge in [0, 0.05) is 24.6 Å². The third-order valence-electron chi connectivity index (χ3n) is 2.59. The molecule has 0 aliphatic heterocycles. The van der Waals surface area contributed by atoms with Gasteiger partial charge in [-0.05, 0) is 24.6 Å². The summed E-state index contributed by atoms with van der Waals surface area (Å²) >= 11 is 4.70. The number of nitrogens with zero attached hydrogens (tertiary/aromatic N) is 3. The number of carbonyl (C=O) groups is 1. The van der Waals surface area contributed by atoms with Crippen molar-refractivity contribution in [3.8, 4) is 0 Å². The van der Waals surface area contributed by atoms with Crippen molar-refractivity contribution >= 4 is 38.3 Å². The average molecular weight is 355 g/mol. The molecule has 0 radical (unpaired) electrons. The van der Waals surface area contributed by atoms with E-state index in [9.17, 15) is 4.79 Å². The number of carbonyl (C=O) groups excluding carboxylic acids is 1. The first-order valence-corrected chi connectivity index (χ1v) is 7.78. The second-order valence-electron chi connectivity index (χ2n) is 4.23. The van der Waals surface area contributed by atoms with E-state index >= 15 is 0 Å². The highest BCUT2D eigenvalue weighted by atomic mass is 79.9. The summed E-state index contributed by atoms with van der Waals surface area (Å²) in [4.78, 5) is 13.9. The first kappa shape index (κ1) is 14.9. The number of rotatable bonds is 5. The van der Waals surface area contributed by atoms with E-state index in [4.69, 9.17) is 0 Å². The minimum atomic E-state index is -0.119. The van der Waals surface area contributed by atoms with Crippen LogP contribution in [0.3, 0.4) is 0 Å². The first-order chi connectivity index (χ1) is 9.60. The molecule has 0 aliphatic carbocycles. The van der Waals surface area contributed by atoms with E-state index in [0.29, 0.717) is 16.7 Å². The number of nitrogens with one attached hydrogen (secondary N) is 1. The Morgan fingerprint density at radius 3 is 2.95 bits per heavy atom. The smallest absolute Gasteiger partial charge is 0.284 e. The van der Waals surface area contributed by atoms with Crippen LogP contribution < -0.4 is 5.32 Å². The van der Waals surface area contributed by atoms with Crippen LogP contribution in [0.5, 0.6) is 0 Å². The molecule has 1 amide bonds. The zero-order chi connectivity index (χ0) is 14.5. The van der Waals surface area contributed by atoms with Crippen molar-refractivity contribution in [1.82, 2.24) is 15.1 Å². The van der Waals surface area contributed by atoms with E-state index in [0.717, 1.165) is 16.6 Å². The van der Waals surface area contributed by atoms with Crippen LogP contribution in [0.15, 0.2) is 28.7 Å². The predicted octanol–water partition coefficient (Wildman–Crippen LogP) is 3.00. The topological polar surface area (TPSA) is 58.1 Å². The molecule has 2 aromatic rings. The fourth-order valence-corrected chi connectivity index (χ4v) is 2.93. The average Bonchev–Trinajstić information content (AvgIpc) is 2.87. The molecule has 0 aliphatic rings. The van der Waals surface area contributed by atoms with Gasteiger partial charge in [0.25, 0.3) is 5.91 Å². The second kappa shape index (κ2) is 6.81. The molecule has 5 nitrogen and oxygen atoms in total. The molecule has 0 spiro atoms. The van der Waals surface area contributed by atoms with Crippen molar-refractivity contribution < 1.29 is 4.79 Å². The molecule has 1 N–H and O–H groups in total. The monoisotopic (exact) mass is 354 g/mol. The Morgan fingerprint density at radius 1 is 1.45 bits per heavy atom. The largest absolute Gasteiger partial charge is 0.360 e. The minimum absolute atomic E-state index is 0.119. The van der Waals surface area contributed by atoms with Crippen molar-refractivity contribution in [1.29, 1.82) is 0 Å². The Bertz CT molecular complexity index is 602. The van der Waals surface area contributed by atoms with Gasteiger partial charge in [0.15, 0.2) is 0 Å². The summed E-state index contributed by atoms with van der Waals surface area (Å²) in [5, 5.41) is 12.0. The van der Waals surface area contributed by atoms with Crippen LogP contribution in [0.1, 0.15) is 22.3 Å². The van der Waals surface area contributed by atoms with Gasteiger partial charge in [-0.15, -0.1) is 10.2 Å². The van der Waals surface area contributed by atoms with Crippen LogP contribution in [0.2, 0.25) is 0 Å². The van der Waals surface area contributed by atoms with Gasteiger partial charge in [0.05, 0.1) is 0 Å². The zero-order valence-electron chi connectivity index (χ0n) is 11.3. The van der Waals surface area contributed by atoms with Crippen LogP contribution >= 0.6 is 27.3 Å². The number of hydrogen-bond donors (Lipinski definition) is 1. The lowest BCUT2D eigenvalue weighted by Crippen LogP contribution is -2.26. The summed E-state index contributed by atoms with van der Waals surface area (Å²) in [5.41, 5.74) is 1.06. The fourth-order valence-electron chi connectivity index (χ4n) is 1.68. The van der Waals surface area contributed by atoms with Gasteiger partial charge in [0.2, 0.25) is 10.1 Å². The summed E-state index contributed by atoms with van der Waals surface area (Å²) in [7, 11) is 1.76. The summed E-state index contributed by atoms with van der Waals surface area (Å²) in [6.07, 6.45) is 0. The zero-order valence-corrected chi connectivity index (χ0v) is 13.7. The van der Waals surface area contributed by atoms with Crippen molar-refractivity contribution in [2.24, 2.45) is 0 Å². The molecule has 2 rings (SSSR count). The number of aromatic nitrogens is 2. The molecule has 7 heteroatoms. The highest BCUT2D eigenvalue weighted by Gasteiger charge is 2.17. The van der Waals surface area contributed by atoms with Crippen molar-refractivity contribution in [2.45, 2.75) is 13.5 Å². The van der Waals surface area contributed by atoms with E-state index in [-0.39, 0.29) is 5.91 Å². The third-order valence-corrected chi connectivity index (χ3v) is 3.95. The SMILES string of the molecule is CCNc1nnc(C(=O)N(C)Cc2cccc(Br)c2)s1. The van der Waals surface area contributed by atoms with Crippen LogP contribution in [0.25, 0.3) is 0 Å². The van der Waals surface area contributed by atoms with Gasteiger partial charge >= 0.3 is 0 Å². The molecule has 0 atom stereocenters. The van der Waals surface area contributed by atoms with Crippen LogP contribution in [0.4, 0.5) is 5.13 Å². The van der Waals surface area contributed by atoms with Gasteiger partial charge < -0.3 is 10.2 Å². The molecule has 0 fully saturated rings. The quantitative estimate of drug-likeness (QED) is 0.896. The lowest BCUT2D eigenvalue weighted by Gasteiger charge is -2.15. The number of benzene rings is 1. The molecule has 1 aromatic carbocycles. The Morgan fingerprint density at radius 2 is 2.25 bits per heavy atom. The maximum atomic E-state index is 12.2. The van der Waals surface area contributed by atoms with Crippen LogP contribution in [-0.2, 0) is 6.54 Å². The molecular weight excluding hydrogens is 340 g/mol. The van der Waals surface area contributed by atoms with Gasteiger partial charge in [-0.3, -0.25) is 4.79 Å². The Balaban J connectivity index is 2.04. The van der Waals surface area contributed by atoms with Gasteiger partial charge in [-0.25, -0.2) is 0 Å². The van der Waals surface area contributed by atoms with Crippen LogP contribution in [-0.4, -0.2) is 34.6 Å². The predicted molar refractivity (Wildman–Crippen MR) is 84.0 cm³/mol. The van der Waals surface area contributed by atoms with E-state index in [1.807, 2.05) is 31.2 Å². The molecule has 0 bridgehead atoms. The Kier molecular flexibility index (Phi) is 5.08. The van der Waals surface area contributed by atoms with E-state index in [1.165, 1.54) is 11.3 Å². The minimum Gasteiger partial charge on any atom is -0.360 e. The highest BCUT2D eigenvalue weighted by Crippen LogP contribution is 2.18. The second-order valence-corrected chi connectivity index (χ2v) is 6.13. The molecule has 20 heavy (non-hydrogen) atoms. The van der Waals surface area contributed by atoms with Crippen LogP contribution in [0, 0.1) is 0 Å². The summed E-state index contributed by atoms with van der Waals surface area (Å²) in [6.45, 7) is 3.27. The maximum Gasteiger partial charge on any atom is 0.284 e. The normalized spacial score (nSPS) is 10.3. The molecule has 106 valence electrons. The summed E-state index contributed by atoms with van der Waals surface area (Å²) < 4.78 is 1.00. The number of halogens is 1. The molecule has 0 unspecified atom stereocenters. The van der Waals surface area contributed by atoms with E-state index in [1.54, 1.807) is 11.9 Å². The number of anilines is 1. The summed E-state index contributed by atoms with van der Waals surface area (Å²) in [5.74, 6) is -0.119. The van der Waals surface area contributed by atoms with E-state index < -0.39 is 0 Å². The molecule has 1 heterocycles. The molecule has 0 saturated heterocycles. The Labute approximate surface area is 130 Å². The van der Waals surface area contributed by atoms with E-state index in [2.05, 4.69) is 31.4 Å². The van der Waals surface area contributed by atoms with Crippen molar-refractivity contribution in [2.75, 3.05) is 18.9 Å². The number of hydrogen-bond acceptors (Lipinski definition) is 5. The maximum absolute atomic E-state index is 12.2. The standard InChI is InChI=1S/C13H15BrN4OS/c1-3-15-13-17-16-11(20-13)12(19)18(2)8-9-5-4-6-10(14)7-9/h4-7H,3,8H2,1-2H3,(H,15,17). The third kappa shape index (κ3) is 3.77. The Hall–Kier alpha value is -1.47. The van der Waals surface area contributed by atoms with Crippen molar-refractivity contribution in [3.05, 3.63) is 39.3 Å². The lowest BCUT2D eigenvalue weighted by atomic mass is 10.2. The van der Waals surface area contributed by atoms with Gasteiger partial charge in [-0.1, -0.05) is 39.4 Å². The van der Waals surface area contributed by atoms with Crippen molar-refractivity contribution in [3.63, 3.8) is 0 Å². The van der Waals surface area contributed by atoms with Gasteiger partial charge in [-0.2, -0.15) is 0 Å². The molecule has 0 saturated carbocycles. The highest BCUT2D eigenvalue weighted by molar-refractivity contribution is 9.10. The number of amides is 1.